The monoisotopic (exact) mass is 290 g/mol. The molecule has 0 aliphatic carbocycles. The van der Waals surface area contributed by atoms with Crippen LogP contribution >= 0.6 is 11.6 Å². The summed E-state index contributed by atoms with van der Waals surface area (Å²) in [5.41, 5.74) is 2.41. The summed E-state index contributed by atoms with van der Waals surface area (Å²) in [6, 6.07) is 12.1. The lowest BCUT2D eigenvalue weighted by Crippen LogP contribution is -2.39. The van der Waals surface area contributed by atoms with Gasteiger partial charge >= 0.3 is 0 Å². The highest BCUT2D eigenvalue weighted by molar-refractivity contribution is 6.30. The van der Waals surface area contributed by atoms with Gasteiger partial charge in [0.05, 0.1) is 29.5 Å². The molecule has 1 heterocycles. The lowest BCUT2D eigenvalue weighted by Gasteiger charge is -2.30. The van der Waals surface area contributed by atoms with Gasteiger partial charge in [-0.25, -0.2) is 4.39 Å². The average molecular weight is 291 g/mol. The fourth-order valence-corrected chi connectivity index (χ4v) is 2.37. The van der Waals surface area contributed by atoms with Crippen molar-refractivity contribution in [1.29, 1.82) is 0 Å². The van der Waals surface area contributed by atoms with Crippen molar-refractivity contribution in [2.24, 2.45) is 0 Å². The number of nitrogens with zero attached hydrogens (tertiary/aromatic N) is 1. The summed E-state index contributed by atoms with van der Waals surface area (Å²) in [4.78, 5) is 13.7. The normalized spacial score (nSPS) is 13.9. The van der Waals surface area contributed by atoms with Crippen molar-refractivity contribution in [2.45, 2.75) is 6.54 Å². The molecule has 0 fully saturated rings. The number of hydrogen-bond acceptors (Lipinski definition) is 2. The third kappa shape index (κ3) is 2.34. The molecule has 0 unspecified atom stereocenters. The minimum Gasteiger partial charge on any atom is -0.374 e. The van der Waals surface area contributed by atoms with Gasteiger partial charge in [0, 0.05) is 0 Å². The number of amides is 1. The fraction of sp³-hybridized carbons (Fsp3) is 0.133. The minimum absolute atomic E-state index is 0.0425. The van der Waals surface area contributed by atoms with Gasteiger partial charge < -0.3 is 10.2 Å². The molecule has 1 amide bonds. The van der Waals surface area contributed by atoms with E-state index in [1.807, 2.05) is 24.3 Å². The summed E-state index contributed by atoms with van der Waals surface area (Å²) in [6.45, 7) is 0.568. The van der Waals surface area contributed by atoms with Crippen molar-refractivity contribution < 1.29 is 9.18 Å². The Morgan fingerprint density at radius 2 is 2.05 bits per heavy atom. The van der Waals surface area contributed by atoms with E-state index in [0.29, 0.717) is 12.1 Å². The quantitative estimate of drug-likeness (QED) is 0.919. The number of fused-ring (bicyclic) bond motifs is 1. The van der Waals surface area contributed by atoms with E-state index in [1.165, 1.54) is 12.1 Å². The molecular weight excluding hydrogens is 279 g/mol. The van der Waals surface area contributed by atoms with Gasteiger partial charge in [0.25, 0.3) is 0 Å². The van der Waals surface area contributed by atoms with Crippen LogP contribution in [0.4, 0.5) is 15.8 Å². The van der Waals surface area contributed by atoms with Crippen molar-refractivity contribution in [3.63, 3.8) is 0 Å². The Hall–Kier alpha value is -2.07. The number of anilines is 2. The van der Waals surface area contributed by atoms with E-state index in [1.54, 1.807) is 11.0 Å². The second-order valence-corrected chi connectivity index (χ2v) is 5.01. The predicted octanol–water partition coefficient (Wildman–Crippen LogP) is 3.44. The number of carbonyl (C=O) groups excluding carboxylic acids is 1. The highest BCUT2D eigenvalue weighted by Gasteiger charge is 2.23. The third-order valence-electron chi connectivity index (χ3n) is 3.25. The molecule has 0 radical (unpaired) electrons. The lowest BCUT2D eigenvalue weighted by molar-refractivity contribution is -0.117. The maximum atomic E-state index is 13.5. The van der Waals surface area contributed by atoms with Crippen LogP contribution in [0.25, 0.3) is 0 Å². The minimum atomic E-state index is -0.472. The number of halogens is 2. The van der Waals surface area contributed by atoms with Gasteiger partial charge in [-0.2, -0.15) is 0 Å². The zero-order chi connectivity index (χ0) is 14.1. The maximum absolute atomic E-state index is 13.5. The van der Waals surface area contributed by atoms with Crippen LogP contribution in [-0.4, -0.2) is 12.5 Å². The molecule has 0 saturated heterocycles. The largest absolute Gasteiger partial charge is 0.374 e. The standard InChI is InChI=1S/C15H12ClFN2O/c16-11-6-5-10(7-12(11)17)9-19-14-4-2-1-3-13(14)18-8-15(19)20/h1-7,18H,8-9H2. The van der Waals surface area contributed by atoms with Crippen molar-refractivity contribution in [2.75, 3.05) is 16.8 Å². The molecule has 0 spiro atoms. The van der Waals surface area contributed by atoms with Crippen LogP contribution in [0.1, 0.15) is 5.56 Å². The number of para-hydroxylation sites is 2. The first-order valence-electron chi connectivity index (χ1n) is 6.22. The Morgan fingerprint density at radius 1 is 1.25 bits per heavy atom. The van der Waals surface area contributed by atoms with Crippen molar-refractivity contribution in [3.8, 4) is 0 Å². The van der Waals surface area contributed by atoms with Crippen LogP contribution < -0.4 is 10.2 Å². The first-order chi connectivity index (χ1) is 9.65. The SMILES string of the molecule is O=C1CNc2ccccc2N1Cc1ccc(Cl)c(F)c1. The number of benzene rings is 2. The van der Waals surface area contributed by atoms with Gasteiger partial charge in [-0.1, -0.05) is 29.8 Å². The molecule has 2 aromatic carbocycles. The van der Waals surface area contributed by atoms with Crippen LogP contribution in [-0.2, 0) is 11.3 Å². The smallest absolute Gasteiger partial charge is 0.246 e. The van der Waals surface area contributed by atoms with Crippen LogP contribution in [0, 0.1) is 5.82 Å². The predicted molar refractivity (Wildman–Crippen MR) is 77.5 cm³/mol. The van der Waals surface area contributed by atoms with Gasteiger partial charge in [0.1, 0.15) is 5.82 Å². The Morgan fingerprint density at radius 3 is 2.85 bits per heavy atom. The van der Waals surface area contributed by atoms with Crippen LogP contribution in [0.15, 0.2) is 42.5 Å². The Bertz CT molecular complexity index is 675. The zero-order valence-corrected chi connectivity index (χ0v) is 11.3. The molecule has 0 aromatic heterocycles. The van der Waals surface area contributed by atoms with E-state index >= 15 is 0 Å². The first-order valence-corrected chi connectivity index (χ1v) is 6.60. The summed E-state index contributed by atoms with van der Waals surface area (Å²) in [6.07, 6.45) is 0. The van der Waals surface area contributed by atoms with Gasteiger partial charge in [0.2, 0.25) is 5.91 Å². The van der Waals surface area contributed by atoms with Crippen molar-refractivity contribution >= 4 is 28.9 Å². The van der Waals surface area contributed by atoms with Gasteiger partial charge in [-0.15, -0.1) is 0 Å². The molecule has 0 atom stereocenters. The van der Waals surface area contributed by atoms with Gasteiger partial charge in [-0.05, 0) is 29.8 Å². The highest BCUT2D eigenvalue weighted by Crippen LogP contribution is 2.30. The second-order valence-electron chi connectivity index (χ2n) is 4.60. The maximum Gasteiger partial charge on any atom is 0.246 e. The molecule has 2 aromatic rings. The number of nitrogens with one attached hydrogen (secondary N) is 1. The number of rotatable bonds is 2. The van der Waals surface area contributed by atoms with Crippen molar-refractivity contribution in [3.05, 3.63) is 58.9 Å². The molecule has 1 aliphatic rings. The molecule has 1 N–H and O–H groups in total. The molecule has 0 saturated carbocycles. The van der Waals surface area contributed by atoms with E-state index in [2.05, 4.69) is 5.32 Å². The third-order valence-corrected chi connectivity index (χ3v) is 3.56. The lowest BCUT2D eigenvalue weighted by atomic mass is 10.1. The summed E-state index contributed by atoms with van der Waals surface area (Å²) in [5.74, 6) is -0.515. The zero-order valence-electron chi connectivity index (χ0n) is 10.6. The van der Waals surface area contributed by atoms with Crippen LogP contribution in [0.3, 0.4) is 0 Å². The Kier molecular flexibility index (Phi) is 3.32. The summed E-state index contributed by atoms with van der Waals surface area (Å²) >= 11 is 5.67. The summed E-state index contributed by atoms with van der Waals surface area (Å²) < 4.78 is 13.5. The van der Waals surface area contributed by atoms with E-state index < -0.39 is 5.82 Å². The van der Waals surface area contributed by atoms with E-state index in [9.17, 15) is 9.18 Å². The van der Waals surface area contributed by atoms with E-state index in [4.69, 9.17) is 11.6 Å². The summed E-state index contributed by atoms with van der Waals surface area (Å²) in [7, 11) is 0. The second kappa shape index (κ2) is 5.13. The number of hydrogen-bond donors (Lipinski definition) is 1. The molecule has 3 nitrogen and oxygen atoms in total. The van der Waals surface area contributed by atoms with Crippen LogP contribution in [0.2, 0.25) is 5.02 Å². The molecule has 102 valence electrons. The molecule has 5 heteroatoms. The molecule has 3 rings (SSSR count). The fourth-order valence-electron chi connectivity index (χ4n) is 2.25. The van der Waals surface area contributed by atoms with E-state index in [-0.39, 0.29) is 17.5 Å². The number of carbonyl (C=O) groups is 1. The molecular formula is C15H12ClFN2O. The van der Waals surface area contributed by atoms with Gasteiger partial charge in [-0.3, -0.25) is 4.79 Å². The highest BCUT2D eigenvalue weighted by atomic mass is 35.5. The first kappa shape index (κ1) is 12.9. The molecule has 0 bridgehead atoms. The average Bonchev–Trinajstić information content (AvgIpc) is 2.46. The Labute approximate surface area is 121 Å². The van der Waals surface area contributed by atoms with Crippen LogP contribution in [0.5, 0.6) is 0 Å². The van der Waals surface area contributed by atoms with Crippen molar-refractivity contribution in [1.82, 2.24) is 0 Å². The Balaban J connectivity index is 1.93. The topological polar surface area (TPSA) is 32.3 Å². The van der Waals surface area contributed by atoms with E-state index in [0.717, 1.165) is 11.4 Å². The van der Waals surface area contributed by atoms with Gasteiger partial charge in [0.15, 0.2) is 0 Å². The summed E-state index contributed by atoms with van der Waals surface area (Å²) in [5, 5.41) is 3.15. The molecule has 20 heavy (non-hydrogen) atoms. The molecule has 1 aliphatic heterocycles.